The lowest BCUT2D eigenvalue weighted by Gasteiger charge is -2.19. The van der Waals surface area contributed by atoms with E-state index in [1.807, 2.05) is 13.1 Å². The van der Waals surface area contributed by atoms with E-state index < -0.39 is 5.67 Å². The van der Waals surface area contributed by atoms with Crippen LogP contribution in [0.5, 0.6) is 0 Å². The lowest BCUT2D eigenvalue weighted by atomic mass is 10.0. The van der Waals surface area contributed by atoms with Crippen molar-refractivity contribution >= 4 is 10.9 Å². The van der Waals surface area contributed by atoms with Gasteiger partial charge in [-0.15, -0.1) is 0 Å². The zero-order valence-electron chi connectivity index (χ0n) is 12.3. The van der Waals surface area contributed by atoms with Gasteiger partial charge in [0.1, 0.15) is 11.5 Å². The molecule has 0 aliphatic heterocycles. The Bertz CT molecular complexity index is 580. The molecule has 19 heavy (non-hydrogen) atoms. The Balaban J connectivity index is 2.03. The highest BCUT2D eigenvalue weighted by Crippen LogP contribution is 2.20. The summed E-state index contributed by atoms with van der Waals surface area (Å²) in [5.41, 5.74) is 0.390. The molecule has 1 aromatic heterocycles. The fourth-order valence-electron chi connectivity index (χ4n) is 2.11. The first-order chi connectivity index (χ1) is 9.41. The summed E-state index contributed by atoms with van der Waals surface area (Å²) >= 11 is 0. The van der Waals surface area contributed by atoms with E-state index >= 15 is 0 Å². The Morgan fingerprint density at radius 1 is 1.53 bits per heavy atom. The molecule has 0 aliphatic rings. The molecular weight excluding hydrogens is 246 g/mol. The van der Waals surface area contributed by atoms with Crippen LogP contribution >= 0.6 is 0 Å². The van der Waals surface area contributed by atoms with Crippen LogP contribution in [0.4, 0.5) is 8.78 Å². The topological polar surface area (TPSA) is 27.8 Å². The number of fused-ring (bicyclic) bond motifs is 1. The molecule has 0 saturated heterocycles. The monoisotopic (exact) mass is 267 g/mol. The van der Waals surface area contributed by atoms with Gasteiger partial charge in [0, 0.05) is 31.1 Å². The highest BCUT2D eigenvalue weighted by Gasteiger charge is 2.17. The predicted molar refractivity (Wildman–Crippen MR) is 74.6 cm³/mol. The van der Waals surface area contributed by atoms with E-state index in [-0.39, 0.29) is 25.3 Å². The summed E-state index contributed by atoms with van der Waals surface area (Å²) in [5.74, 6) is -0.260. The minimum atomic E-state index is -1.51. The molecule has 2 rings (SSSR count). The lowest BCUT2D eigenvalue weighted by Crippen LogP contribution is -2.37. The smallest absolute Gasteiger partial charge is 0.123 e. The molecule has 0 saturated carbocycles. The van der Waals surface area contributed by atoms with Gasteiger partial charge in [-0.05, 0) is 50.9 Å². The Morgan fingerprint density at radius 3 is 3.05 bits per heavy atom. The van der Waals surface area contributed by atoms with Crippen LogP contribution in [-0.2, 0) is 6.42 Å². The van der Waals surface area contributed by atoms with E-state index in [2.05, 4.69) is 10.3 Å². The number of benzene rings is 1. The van der Waals surface area contributed by atoms with Crippen LogP contribution in [0.15, 0.2) is 24.4 Å². The largest absolute Gasteiger partial charge is 0.361 e. The van der Waals surface area contributed by atoms with Crippen molar-refractivity contribution in [2.45, 2.75) is 38.9 Å². The molecule has 0 radical (unpaired) electrons. The normalized spacial score (nSPS) is 17.2. The third kappa shape index (κ3) is 3.77. The van der Waals surface area contributed by atoms with Crippen molar-refractivity contribution in [1.82, 2.24) is 10.3 Å². The van der Waals surface area contributed by atoms with Crippen LogP contribution in [0.25, 0.3) is 10.9 Å². The molecule has 0 fully saturated rings. The van der Waals surface area contributed by atoms with Crippen LogP contribution in [0.3, 0.4) is 0 Å². The maximum Gasteiger partial charge on any atom is 0.123 e. The van der Waals surface area contributed by atoms with Gasteiger partial charge in [-0.1, -0.05) is 0 Å². The summed E-state index contributed by atoms with van der Waals surface area (Å²) in [6, 6.07) is 4.70. The predicted octanol–water partition coefficient (Wildman–Crippen LogP) is 3.58. The number of aromatic nitrogens is 1. The second-order valence-electron chi connectivity index (χ2n) is 5.40. The number of hydrogen-bond acceptors (Lipinski definition) is 1. The van der Waals surface area contributed by atoms with E-state index in [9.17, 15) is 8.78 Å². The van der Waals surface area contributed by atoms with Crippen molar-refractivity contribution in [3.8, 4) is 0 Å². The van der Waals surface area contributed by atoms with Gasteiger partial charge in [0.05, 0.1) is 0 Å². The summed E-state index contributed by atoms with van der Waals surface area (Å²) in [5, 5.41) is 3.95. The van der Waals surface area contributed by atoms with Gasteiger partial charge in [0.2, 0.25) is 0 Å². The van der Waals surface area contributed by atoms with Crippen molar-refractivity contribution in [2.75, 3.05) is 6.54 Å². The Hall–Kier alpha value is -1.42. The SMILES string of the molecule is [2H]CC(C)(F)CNC(C)Cc1c[nH]c2ccc(F)cc12. The maximum absolute atomic E-state index is 13.7. The summed E-state index contributed by atoms with van der Waals surface area (Å²) < 4.78 is 34.1. The summed E-state index contributed by atoms with van der Waals surface area (Å²) in [7, 11) is 0. The number of halogens is 2. The van der Waals surface area contributed by atoms with Crippen LogP contribution in [0.2, 0.25) is 0 Å². The zero-order chi connectivity index (χ0) is 14.8. The molecule has 104 valence electrons. The average molecular weight is 267 g/mol. The Morgan fingerprint density at radius 2 is 2.32 bits per heavy atom. The van der Waals surface area contributed by atoms with Gasteiger partial charge in [-0.2, -0.15) is 0 Å². The molecule has 2 aromatic rings. The molecule has 0 bridgehead atoms. The van der Waals surface area contributed by atoms with E-state index in [0.717, 1.165) is 16.5 Å². The number of H-pyrrole nitrogens is 1. The first kappa shape index (κ1) is 12.6. The zero-order valence-corrected chi connectivity index (χ0v) is 11.3. The van der Waals surface area contributed by atoms with Crippen LogP contribution in [0.1, 0.15) is 27.7 Å². The average Bonchev–Trinajstić information content (AvgIpc) is 2.79. The minimum absolute atomic E-state index is 0.0545. The van der Waals surface area contributed by atoms with E-state index in [0.29, 0.717) is 6.42 Å². The van der Waals surface area contributed by atoms with Crippen molar-refractivity contribution in [1.29, 1.82) is 0 Å². The molecule has 0 amide bonds. The van der Waals surface area contributed by atoms with Gasteiger partial charge in [0.15, 0.2) is 0 Å². The molecule has 0 spiro atoms. The first-order valence-corrected chi connectivity index (χ1v) is 6.38. The van der Waals surface area contributed by atoms with Crippen molar-refractivity contribution in [3.63, 3.8) is 0 Å². The van der Waals surface area contributed by atoms with Gasteiger partial charge in [0.25, 0.3) is 0 Å². The summed E-state index contributed by atoms with van der Waals surface area (Å²) in [6.45, 7) is 3.26. The third-order valence-electron chi connectivity index (χ3n) is 3.07. The highest BCUT2D eigenvalue weighted by atomic mass is 19.1. The maximum atomic E-state index is 13.7. The number of hydrogen-bond donors (Lipinski definition) is 2. The fourth-order valence-corrected chi connectivity index (χ4v) is 2.11. The van der Waals surface area contributed by atoms with Gasteiger partial charge < -0.3 is 10.3 Å². The van der Waals surface area contributed by atoms with Crippen molar-refractivity contribution in [2.24, 2.45) is 0 Å². The van der Waals surface area contributed by atoms with Crippen LogP contribution < -0.4 is 5.32 Å². The summed E-state index contributed by atoms with van der Waals surface area (Å²) in [6.07, 6.45) is 2.54. The molecule has 1 aromatic carbocycles. The van der Waals surface area contributed by atoms with E-state index in [4.69, 9.17) is 1.37 Å². The quantitative estimate of drug-likeness (QED) is 0.851. The van der Waals surface area contributed by atoms with Crippen LogP contribution in [-0.4, -0.2) is 23.2 Å². The molecule has 1 heterocycles. The van der Waals surface area contributed by atoms with Gasteiger partial charge in [-0.3, -0.25) is 0 Å². The summed E-state index contributed by atoms with van der Waals surface area (Å²) in [4.78, 5) is 3.11. The van der Waals surface area contributed by atoms with E-state index in [1.54, 1.807) is 6.07 Å². The molecule has 2 nitrogen and oxygen atoms in total. The van der Waals surface area contributed by atoms with Crippen molar-refractivity contribution < 1.29 is 10.2 Å². The number of nitrogens with one attached hydrogen (secondary N) is 2. The molecular formula is C15H20F2N2. The minimum Gasteiger partial charge on any atom is -0.361 e. The molecule has 2 unspecified atom stereocenters. The lowest BCUT2D eigenvalue weighted by molar-refractivity contribution is 0.204. The molecule has 2 atom stereocenters. The van der Waals surface area contributed by atoms with Gasteiger partial charge in [-0.25, -0.2) is 8.78 Å². The number of rotatable bonds is 5. The van der Waals surface area contributed by atoms with Crippen molar-refractivity contribution in [3.05, 3.63) is 35.8 Å². The molecule has 2 N–H and O–H groups in total. The van der Waals surface area contributed by atoms with E-state index in [1.165, 1.54) is 19.1 Å². The first-order valence-electron chi connectivity index (χ1n) is 7.09. The second kappa shape index (κ2) is 5.29. The third-order valence-corrected chi connectivity index (χ3v) is 3.07. The highest BCUT2D eigenvalue weighted by molar-refractivity contribution is 5.83. The molecule has 4 heteroatoms. The molecule has 0 aliphatic carbocycles. The number of alkyl halides is 1. The number of aromatic amines is 1. The van der Waals surface area contributed by atoms with Crippen LogP contribution in [0, 0.1) is 5.82 Å². The fraction of sp³-hybridized carbons (Fsp3) is 0.467. The second-order valence-corrected chi connectivity index (χ2v) is 5.40. The standard InChI is InChI=1S/C15H20F2N2/c1-10(19-9-15(2,3)17)6-11-8-18-14-5-4-12(16)7-13(11)14/h4-5,7-8,10,18-19H,6,9H2,1-3H3/i2D. The Kier molecular flexibility index (Phi) is 3.51. The Labute approximate surface area is 113 Å². The van der Waals surface area contributed by atoms with Gasteiger partial charge >= 0.3 is 0 Å².